The van der Waals surface area contributed by atoms with E-state index in [0.717, 1.165) is 12.8 Å². The van der Waals surface area contributed by atoms with Crippen LogP contribution in [0.1, 0.15) is 25.3 Å². The van der Waals surface area contributed by atoms with Crippen LogP contribution in [0, 0.1) is 5.41 Å². The topological polar surface area (TPSA) is 66.4 Å². The third-order valence-electron chi connectivity index (χ3n) is 3.39. The highest BCUT2D eigenvalue weighted by Gasteiger charge is 2.38. The van der Waals surface area contributed by atoms with E-state index in [9.17, 15) is 13.5 Å². The van der Waals surface area contributed by atoms with Gasteiger partial charge >= 0.3 is 0 Å². The van der Waals surface area contributed by atoms with E-state index in [1.165, 1.54) is 12.1 Å². The average Bonchev–Trinajstić information content (AvgIpc) is 3.06. The van der Waals surface area contributed by atoms with Crippen molar-refractivity contribution in [2.24, 2.45) is 5.41 Å². The fourth-order valence-electron chi connectivity index (χ4n) is 1.67. The molecule has 0 radical (unpaired) electrons. The van der Waals surface area contributed by atoms with Crippen molar-refractivity contribution in [1.29, 1.82) is 0 Å². The van der Waals surface area contributed by atoms with Gasteiger partial charge in [-0.1, -0.05) is 30.1 Å². The Balaban J connectivity index is 2.29. The summed E-state index contributed by atoms with van der Waals surface area (Å²) in [6.45, 7) is 2.01. The maximum atomic E-state index is 12.2. The minimum Gasteiger partial charge on any atom is -0.392 e. The fourth-order valence-corrected chi connectivity index (χ4v) is 3.76. The number of hydrogen-bond donors (Lipinski definition) is 2. The monoisotopic (exact) mass is 323 g/mol. The second kappa shape index (κ2) is 5.22. The Morgan fingerprint density at radius 1 is 1.37 bits per heavy atom. The van der Waals surface area contributed by atoms with Crippen molar-refractivity contribution in [3.63, 3.8) is 0 Å². The van der Waals surface area contributed by atoms with Gasteiger partial charge in [-0.15, -0.1) is 0 Å². The van der Waals surface area contributed by atoms with Crippen LogP contribution in [0.25, 0.3) is 0 Å². The van der Waals surface area contributed by atoms with Gasteiger partial charge in [-0.3, -0.25) is 0 Å². The minimum absolute atomic E-state index is 0.0246. The first-order chi connectivity index (χ1) is 8.79. The molecule has 1 aromatic rings. The van der Waals surface area contributed by atoms with E-state index in [4.69, 9.17) is 23.2 Å². The largest absolute Gasteiger partial charge is 0.392 e. The molecule has 1 fully saturated rings. The van der Waals surface area contributed by atoms with Crippen LogP contribution in [-0.2, 0) is 16.6 Å². The predicted molar refractivity (Wildman–Crippen MR) is 74.9 cm³/mol. The molecule has 2 N–H and O–H groups in total. The molecule has 0 bridgehead atoms. The highest BCUT2D eigenvalue weighted by Crippen LogP contribution is 2.44. The first-order valence-electron chi connectivity index (χ1n) is 5.86. The van der Waals surface area contributed by atoms with Gasteiger partial charge < -0.3 is 5.11 Å². The highest BCUT2D eigenvalue weighted by molar-refractivity contribution is 7.89. The zero-order valence-electron chi connectivity index (χ0n) is 10.4. The number of aliphatic hydroxyl groups excluding tert-OH is 1. The number of nitrogens with one attached hydrogen (secondary N) is 1. The molecule has 1 aliphatic carbocycles. The Morgan fingerprint density at radius 2 is 2.00 bits per heavy atom. The Kier molecular flexibility index (Phi) is 4.14. The molecule has 0 amide bonds. The number of halogens is 2. The normalized spacial score (nSPS) is 17.5. The van der Waals surface area contributed by atoms with E-state index < -0.39 is 16.6 Å². The lowest BCUT2D eigenvalue weighted by molar-refractivity contribution is 0.281. The van der Waals surface area contributed by atoms with Crippen LogP contribution < -0.4 is 4.72 Å². The van der Waals surface area contributed by atoms with E-state index in [-0.39, 0.29) is 25.9 Å². The van der Waals surface area contributed by atoms with E-state index in [0.29, 0.717) is 6.54 Å². The molecule has 1 saturated carbocycles. The summed E-state index contributed by atoms with van der Waals surface area (Å²) < 4.78 is 26.9. The Morgan fingerprint density at radius 3 is 2.53 bits per heavy atom. The van der Waals surface area contributed by atoms with Crippen LogP contribution in [0.2, 0.25) is 10.0 Å². The molecule has 0 aromatic heterocycles. The van der Waals surface area contributed by atoms with Crippen molar-refractivity contribution in [1.82, 2.24) is 4.72 Å². The van der Waals surface area contributed by atoms with Gasteiger partial charge in [0.2, 0.25) is 10.0 Å². The number of benzene rings is 1. The van der Waals surface area contributed by atoms with Gasteiger partial charge in [0.1, 0.15) is 4.90 Å². The fraction of sp³-hybridized carbons (Fsp3) is 0.500. The molecule has 0 saturated heterocycles. The SMILES string of the molecule is CC1(CNS(=O)(=O)c2ccc(Cl)c(CO)c2Cl)CC1. The quantitative estimate of drug-likeness (QED) is 0.875. The molecule has 0 atom stereocenters. The lowest BCUT2D eigenvalue weighted by Crippen LogP contribution is -2.29. The Bertz CT molecular complexity index is 597. The highest BCUT2D eigenvalue weighted by atomic mass is 35.5. The summed E-state index contributed by atoms with van der Waals surface area (Å²) in [4.78, 5) is -0.0492. The molecular weight excluding hydrogens is 309 g/mol. The predicted octanol–water partition coefficient (Wildman–Crippen LogP) is 2.56. The van der Waals surface area contributed by atoms with Crippen LogP contribution in [0.15, 0.2) is 17.0 Å². The minimum atomic E-state index is -3.69. The molecular formula is C12H15Cl2NO3S. The smallest absolute Gasteiger partial charge is 0.242 e. The van der Waals surface area contributed by atoms with Crippen molar-refractivity contribution in [2.75, 3.05) is 6.54 Å². The number of sulfonamides is 1. The molecule has 106 valence electrons. The molecule has 1 aliphatic rings. The molecule has 2 rings (SSSR count). The number of aliphatic hydroxyl groups is 1. The lowest BCUT2D eigenvalue weighted by Gasteiger charge is -2.13. The van der Waals surface area contributed by atoms with Crippen LogP contribution >= 0.6 is 23.2 Å². The molecule has 4 nitrogen and oxygen atoms in total. The standard InChI is InChI=1S/C12H15Cl2NO3S/c1-12(4-5-12)7-15-19(17,18)10-3-2-9(13)8(6-16)11(10)14/h2-3,15-16H,4-7H2,1H3. The second-order valence-corrected chi connectivity index (χ2v) is 7.65. The van der Waals surface area contributed by atoms with Crippen molar-refractivity contribution in [2.45, 2.75) is 31.3 Å². The second-order valence-electron chi connectivity index (χ2n) is 5.13. The maximum absolute atomic E-state index is 12.2. The van der Waals surface area contributed by atoms with Gasteiger partial charge in [0.05, 0.1) is 11.6 Å². The number of rotatable bonds is 5. The molecule has 1 aromatic carbocycles. The summed E-state index contributed by atoms with van der Waals surface area (Å²) in [7, 11) is -3.69. The van der Waals surface area contributed by atoms with E-state index in [1.54, 1.807) is 0 Å². The van der Waals surface area contributed by atoms with Gasteiger partial charge in [-0.25, -0.2) is 13.1 Å². The van der Waals surface area contributed by atoms with Gasteiger partial charge in [0.15, 0.2) is 0 Å². The van der Waals surface area contributed by atoms with Gasteiger partial charge in [0, 0.05) is 17.1 Å². The summed E-state index contributed by atoms with van der Waals surface area (Å²) in [5, 5.41) is 9.40. The molecule has 0 spiro atoms. The van der Waals surface area contributed by atoms with Gasteiger partial charge in [0.25, 0.3) is 0 Å². The Labute approximate surface area is 122 Å². The first kappa shape index (κ1) is 15.1. The summed E-state index contributed by atoms with van der Waals surface area (Å²) in [6, 6.07) is 2.77. The zero-order chi connectivity index (χ0) is 14.3. The van der Waals surface area contributed by atoms with Crippen LogP contribution in [0.5, 0.6) is 0 Å². The summed E-state index contributed by atoms with van der Waals surface area (Å²) >= 11 is 11.9. The van der Waals surface area contributed by atoms with Crippen molar-refractivity contribution in [3.8, 4) is 0 Å². The first-order valence-corrected chi connectivity index (χ1v) is 8.10. The summed E-state index contributed by atoms with van der Waals surface area (Å²) in [5.74, 6) is 0. The summed E-state index contributed by atoms with van der Waals surface area (Å²) in [6.07, 6.45) is 2.04. The number of hydrogen-bond acceptors (Lipinski definition) is 3. The molecule has 0 unspecified atom stereocenters. The lowest BCUT2D eigenvalue weighted by atomic mass is 10.2. The molecule has 7 heteroatoms. The van der Waals surface area contributed by atoms with E-state index in [2.05, 4.69) is 4.72 Å². The van der Waals surface area contributed by atoms with E-state index >= 15 is 0 Å². The van der Waals surface area contributed by atoms with Crippen LogP contribution in [-0.4, -0.2) is 20.1 Å². The van der Waals surface area contributed by atoms with Gasteiger partial charge in [-0.2, -0.15) is 0 Å². The van der Waals surface area contributed by atoms with Crippen LogP contribution in [0.4, 0.5) is 0 Å². The van der Waals surface area contributed by atoms with Crippen LogP contribution in [0.3, 0.4) is 0 Å². The maximum Gasteiger partial charge on any atom is 0.242 e. The zero-order valence-corrected chi connectivity index (χ0v) is 12.7. The molecule has 0 heterocycles. The molecule has 19 heavy (non-hydrogen) atoms. The van der Waals surface area contributed by atoms with Crippen molar-refractivity contribution in [3.05, 3.63) is 27.7 Å². The van der Waals surface area contributed by atoms with Crippen molar-refractivity contribution < 1.29 is 13.5 Å². The average molecular weight is 324 g/mol. The Hall–Kier alpha value is -0.330. The van der Waals surface area contributed by atoms with Crippen molar-refractivity contribution >= 4 is 33.2 Å². The third kappa shape index (κ3) is 3.23. The van der Waals surface area contributed by atoms with Gasteiger partial charge in [-0.05, 0) is 30.4 Å². The third-order valence-corrected chi connectivity index (χ3v) is 5.73. The molecule has 0 aliphatic heterocycles. The summed E-state index contributed by atoms with van der Waals surface area (Å²) in [5.41, 5.74) is 0.287. The van der Waals surface area contributed by atoms with E-state index in [1.807, 2.05) is 6.92 Å².